The summed E-state index contributed by atoms with van der Waals surface area (Å²) in [5.74, 6) is -1.85. The quantitative estimate of drug-likeness (QED) is 0.683. The molecule has 0 spiro atoms. The molecule has 1 unspecified atom stereocenters. The van der Waals surface area contributed by atoms with Crippen molar-refractivity contribution in [1.82, 2.24) is 0 Å². The minimum Gasteiger partial charge on any atom is -0.376 e. The van der Waals surface area contributed by atoms with Gasteiger partial charge in [0, 0.05) is 0 Å². The molecule has 0 saturated heterocycles. The zero-order chi connectivity index (χ0) is 22.0. The van der Waals surface area contributed by atoms with Crippen molar-refractivity contribution in [3.05, 3.63) is 59.4 Å². The molecule has 5 nitrogen and oxygen atoms in total. The molecule has 0 fully saturated rings. The van der Waals surface area contributed by atoms with Crippen LogP contribution in [0, 0.1) is 5.82 Å². The fourth-order valence-corrected chi connectivity index (χ4v) is 3.33. The van der Waals surface area contributed by atoms with Gasteiger partial charge >= 0.3 is 6.18 Å². The summed E-state index contributed by atoms with van der Waals surface area (Å²) in [6.07, 6.45) is -5.20. The van der Waals surface area contributed by atoms with Gasteiger partial charge in [-0.25, -0.2) is 12.8 Å². The number of benzene rings is 2. The van der Waals surface area contributed by atoms with Gasteiger partial charge in [-0.1, -0.05) is 25.1 Å². The average molecular weight is 433 g/mol. The van der Waals surface area contributed by atoms with E-state index in [-0.39, 0.29) is 22.8 Å². The van der Waals surface area contributed by atoms with Crippen LogP contribution in [0.1, 0.15) is 25.0 Å². The minimum atomic E-state index is -5.00. The van der Waals surface area contributed by atoms with Crippen LogP contribution in [-0.2, 0) is 26.7 Å². The zero-order valence-corrected chi connectivity index (χ0v) is 16.4. The lowest BCUT2D eigenvalue weighted by atomic mass is 9.95. The molecule has 0 heterocycles. The van der Waals surface area contributed by atoms with Crippen LogP contribution in [0.2, 0.25) is 0 Å². The molecule has 0 aliphatic heterocycles. The molecule has 2 aromatic rings. The first-order chi connectivity index (χ1) is 13.3. The number of amides is 1. The summed E-state index contributed by atoms with van der Waals surface area (Å²) < 4.78 is 76.2. The van der Waals surface area contributed by atoms with Crippen LogP contribution in [0.3, 0.4) is 0 Å². The second kappa shape index (κ2) is 8.11. The van der Waals surface area contributed by atoms with Crippen molar-refractivity contribution in [2.45, 2.75) is 36.9 Å². The molecule has 2 N–H and O–H groups in total. The summed E-state index contributed by atoms with van der Waals surface area (Å²) in [4.78, 5) is 12.2. The zero-order valence-electron chi connectivity index (χ0n) is 15.5. The lowest BCUT2D eigenvalue weighted by molar-refractivity contribution is -0.258. The third kappa shape index (κ3) is 5.13. The van der Waals surface area contributed by atoms with E-state index < -0.39 is 38.9 Å². The summed E-state index contributed by atoms with van der Waals surface area (Å²) >= 11 is 0. The standard InChI is InChI=1S/C19H19F4NO4S/c1-3-29(27,28)14-7-4-12(5-8-14)10-17(25)24-16-9-6-13(11-15(16)20)18(2,26)19(21,22)23/h4-9,11,26H,3,10H2,1-2H3,(H,24,25). The summed E-state index contributed by atoms with van der Waals surface area (Å²) in [7, 11) is -3.37. The van der Waals surface area contributed by atoms with Gasteiger partial charge in [0.2, 0.25) is 5.91 Å². The third-order valence-corrected chi connectivity index (χ3v) is 6.13. The van der Waals surface area contributed by atoms with Gasteiger partial charge < -0.3 is 10.4 Å². The smallest absolute Gasteiger partial charge is 0.376 e. The highest BCUT2D eigenvalue weighted by molar-refractivity contribution is 7.91. The molecular weight excluding hydrogens is 414 g/mol. The van der Waals surface area contributed by atoms with Crippen LogP contribution in [0.25, 0.3) is 0 Å². The van der Waals surface area contributed by atoms with E-state index in [2.05, 4.69) is 5.32 Å². The van der Waals surface area contributed by atoms with E-state index in [0.717, 1.165) is 12.1 Å². The highest BCUT2D eigenvalue weighted by Crippen LogP contribution is 2.39. The third-order valence-electron chi connectivity index (χ3n) is 4.38. The minimum absolute atomic E-state index is 0.0661. The molecule has 0 aromatic heterocycles. The molecule has 10 heteroatoms. The number of carbonyl (C=O) groups is 1. The van der Waals surface area contributed by atoms with E-state index in [4.69, 9.17) is 0 Å². The molecular formula is C19H19F4NO4S. The number of nitrogens with one attached hydrogen (secondary N) is 1. The lowest BCUT2D eigenvalue weighted by Crippen LogP contribution is -2.39. The van der Waals surface area contributed by atoms with Crippen molar-refractivity contribution in [2.24, 2.45) is 0 Å². The van der Waals surface area contributed by atoms with Crippen molar-refractivity contribution in [3.63, 3.8) is 0 Å². The van der Waals surface area contributed by atoms with Crippen molar-refractivity contribution in [2.75, 3.05) is 11.1 Å². The molecule has 2 rings (SSSR count). The number of halogens is 4. The number of carbonyl (C=O) groups excluding carboxylic acids is 1. The first kappa shape index (κ1) is 22.8. The fourth-order valence-electron chi connectivity index (χ4n) is 2.44. The maximum Gasteiger partial charge on any atom is 0.421 e. The van der Waals surface area contributed by atoms with E-state index in [1.54, 1.807) is 0 Å². The van der Waals surface area contributed by atoms with E-state index in [9.17, 15) is 35.9 Å². The van der Waals surface area contributed by atoms with Gasteiger partial charge in [-0.2, -0.15) is 13.2 Å². The average Bonchev–Trinajstić information content (AvgIpc) is 2.62. The number of anilines is 1. The second-order valence-corrected chi connectivity index (χ2v) is 8.82. The van der Waals surface area contributed by atoms with E-state index in [1.807, 2.05) is 0 Å². The molecule has 0 saturated carbocycles. The maximum atomic E-state index is 14.1. The van der Waals surface area contributed by atoms with E-state index >= 15 is 0 Å². The predicted octanol–water partition coefficient (Wildman–Crippen LogP) is 3.57. The number of sulfone groups is 1. The van der Waals surface area contributed by atoms with Gasteiger partial charge in [0.25, 0.3) is 0 Å². The Hall–Kier alpha value is -2.46. The summed E-state index contributed by atoms with van der Waals surface area (Å²) in [6.45, 7) is 2.01. The molecule has 29 heavy (non-hydrogen) atoms. The number of rotatable bonds is 6. The molecule has 0 aliphatic carbocycles. The Morgan fingerprint density at radius 2 is 1.69 bits per heavy atom. The van der Waals surface area contributed by atoms with E-state index in [1.165, 1.54) is 31.2 Å². The van der Waals surface area contributed by atoms with Crippen LogP contribution < -0.4 is 5.32 Å². The van der Waals surface area contributed by atoms with Crippen molar-refractivity contribution in [3.8, 4) is 0 Å². The Labute approximate surface area is 165 Å². The van der Waals surface area contributed by atoms with Crippen molar-refractivity contribution in [1.29, 1.82) is 0 Å². The number of alkyl halides is 3. The van der Waals surface area contributed by atoms with Crippen LogP contribution in [0.15, 0.2) is 47.4 Å². The first-order valence-corrected chi connectivity index (χ1v) is 10.1. The summed E-state index contributed by atoms with van der Waals surface area (Å²) in [5.41, 5.74) is -3.82. The second-order valence-electron chi connectivity index (χ2n) is 6.54. The predicted molar refractivity (Wildman–Crippen MR) is 98.5 cm³/mol. The van der Waals surface area contributed by atoms with Gasteiger partial charge in [0.1, 0.15) is 5.82 Å². The summed E-state index contributed by atoms with van der Waals surface area (Å²) in [5, 5.41) is 11.8. The maximum absolute atomic E-state index is 14.1. The fraction of sp³-hybridized carbons (Fsp3) is 0.316. The molecule has 0 bridgehead atoms. The monoisotopic (exact) mass is 433 g/mol. The van der Waals surface area contributed by atoms with Crippen LogP contribution in [0.5, 0.6) is 0 Å². The summed E-state index contributed by atoms with van der Waals surface area (Å²) in [6, 6.07) is 7.92. The molecule has 0 aliphatic rings. The normalized spacial score (nSPS) is 14.3. The molecule has 158 valence electrons. The topological polar surface area (TPSA) is 83.5 Å². The number of hydrogen-bond donors (Lipinski definition) is 2. The van der Waals surface area contributed by atoms with Crippen molar-refractivity contribution >= 4 is 21.4 Å². The largest absolute Gasteiger partial charge is 0.421 e. The van der Waals surface area contributed by atoms with Gasteiger partial charge in [-0.3, -0.25) is 4.79 Å². The molecule has 1 atom stereocenters. The number of aliphatic hydroxyl groups is 1. The Kier molecular flexibility index (Phi) is 6.39. The van der Waals surface area contributed by atoms with Crippen LogP contribution in [0.4, 0.5) is 23.2 Å². The van der Waals surface area contributed by atoms with Crippen LogP contribution in [-0.4, -0.2) is 31.4 Å². The molecule has 2 aromatic carbocycles. The van der Waals surface area contributed by atoms with Crippen LogP contribution >= 0.6 is 0 Å². The van der Waals surface area contributed by atoms with Gasteiger partial charge in [-0.15, -0.1) is 0 Å². The Morgan fingerprint density at radius 3 is 2.17 bits per heavy atom. The van der Waals surface area contributed by atoms with E-state index in [0.29, 0.717) is 18.6 Å². The highest BCUT2D eigenvalue weighted by atomic mass is 32.2. The van der Waals surface area contributed by atoms with Gasteiger partial charge in [0.15, 0.2) is 15.4 Å². The molecule has 1 amide bonds. The molecule has 0 radical (unpaired) electrons. The van der Waals surface area contributed by atoms with Crippen molar-refractivity contribution < 1.29 is 35.9 Å². The number of hydrogen-bond acceptors (Lipinski definition) is 4. The van der Waals surface area contributed by atoms with Gasteiger partial charge in [0.05, 0.1) is 22.8 Å². The Morgan fingerprint density at radius 1 is 1.10 bits per heavy atom. The first-order valence-electron chi connectivity index (χ1n) is 8.48. The Balaban J connectivity index is 2.12. The Bertz CT molecular complexity index is 1000. The highest BCUT2D eigenvalue weighted by Gasteiger charge is 2.51. The SMILES string of the molecule is CCS(=O)(=O)c1ccc(CC(=O)Nc2ccc(C(C)(O)C(F)(F)F)cc2F)cc1. The lowest BCUT2D eigenvalue weighted by Gasteiger charge is -2.27. The van der Waals surface area contributed by atoms with Gasteiger partial charge in [-0.05, 0) is 42.3 Å².